The Morgan fingerprint density at radius 3 is 2.38 bits per heavy atom. The van der Waals surface area contributed by atoms with Crippen LogP contribution in [0.1, 0.15) is 31.7 Å². The molecule has 0 heterocycles. The zero-order valence-electron chi connectivity index (χ0n) is 7.61. The second-order valence-electron chi connectivity index (χ2n) is 3.76. The molecular weight excluding hydrogens is 203 g/mol. The van der Waals surface area contributed by atoms with Crippen LogP contribution in [-0.4, -0.2) is 0 Å². The fourth-order valence-corrected chi connectivity index (χ4v) is 2.12. The summed E-state index contributed by atoms with van der Waals surface area (Å²) in [6.45, 7) is 2.23. The van der Waals surface area contributed by atoms with Gasteiger partial charge >= 0.3 is 0 Å². The Bertz CT molecular complexity index is 327. The monoisotopic (exact) mass is 214 g/mol. The zero-order chi connectivity index (χ0) is 9.47. The summed E-state index contributed by atoms with van der Waals surface area (Å²) >= 11 is 11.8. The molecule has 0 bridgehead atoms. The van der Waals surface area contributed by atoms with Gasteiger partial charge in [0.25, 0.3) is 0 Å². The van der Waals surface area contributed by atoms with Crippen molar-refractivity contribution in [3.63, 3.8) is 0 Å². The van der Waals surface area contributed by atoms with Crippen molar-refractivity contribution in [3.05, 3.63) is 33.8 Å². The van der Waals surface area contributed by atoms with Gasteiger partial charge in [0.15, 0.2) is 0 Å². The molecule has 70 valence electrons. The van der Waals surface area contributed by atoms with Gasteiger partial charge in [-0.25, -0.2) is 0 Å². The standard InChI is InChI=1S/C11H12Cl2/c1-2-11(5-6-11)8-3-4-9(12)10(13)7-8/h3-4,7H,2,5-6H2,1H3. The van der Waals surface area contributed by atoms with Crippen molar-refractivity contribution < 1.29 is 0 Å². The first-order valence-electron chi connectivity index (χ1n) is 4.63. The van der Waals surface area contributed by atoms with Crippen LogP contribution in [0, 0.1) is 0 Å². The molecule has 2 heteroatoms. The number of hydrogen-bond acceptors (Lipinski definition) is 0. The van der Waals surface area contributed by atoms with Gasteiger partial charge < -0.3 is 0 Å². The lowest BCUT2D eigenvalue weighted by molar-refractivity contribution is 0.664. The minimum atomic E-state index is 0.425. The molecule has 2 rings (SSSR count). The molecule has 1 aliphatic rings. The summed E-state index contributed by atoms with van der Waals surface area (Å²) in [7, 11) is 0. The van der Waals surface area contributed by atoms with Gasteiger partial charge in [0.05, 0.1) is 10.0 Å². The highest BCUT2D eigenvalue weighted by Gasteiger charge is 2.42. The van der Waals surface area contributed by atoms with Crippen LogP contribution in [-0.2, 0) is 5.41 Å². The van der Waals surface area contributed by atoms with E-state index in [1.807, 2.05) is 12.1 Å². The summed E-state index contributed by atoms with van der Waals surface area (Å²) in [6.07, 6.45) is 3.79. The molecule has 1 aromatic carbocycles. The van der Waals surface area contributed by atoms with Gasteiger partial charge in [0.2, 0.25) is 0 Å². The lowest BCUT2D eigenvalue weighted by atomic mass is 9.93. The highest BCUT2D eigenvalue weighted by atomic mass is 35.5. The summed E-state index contributed by atoms with van der Waals surface area (Å²) in [4.78, 5) is 0. The fourth-order valence-electron chi connectivity index (χ4n) is 1.82. The van der Waals surface area contributed by atoms with Crippen molar-refractivity contribution in [3.8, 4) is 0 Å². The number of benzene rings is 1. The summed E-state index contributed by atoms with van der Waals surface area (Å²) in [5, 5.41) is 1.33. The summed E-state index contributed by atoms with van der Waals surface area (Å²) < 4.78 is 0. The largest absolute Gasteiger partial charge is 0.0827 e. The quantitative estimate of drug-likeness (QED) is 0.684. The molecule has 1 aromatic rings. The summed E-state index contributed by atoms with van der Waals surface area (Å²) in [5.74, 6) is 0. The van der Waals surface area contributed by atoms with E-state index < -0.39 is 0 Å². The molecule has 13 heavy (non-hydrogen) atoms. The predicted molar refractivity (Wildman–Crippen MR) is 57.7 cm³/mol. The lowest BCUT2D eigenvalue weighted by Gasteiger charge is -2.13. The van der Waals surface area contributed by atoms with Crippen LogP contribution in [0.2, 0.25) is 10.0 Å². The number of rotatable bonds is 2. The molecule has 0 spiro atoms. The van der Waals surface area contributed by atoms with Gasteiger partial charge in [0.1, 0.15) is 0 Å². The van der Waals surface area contributed by atoms with E-state index in [9.17, 15) is 0 Å². The van der Waals surface area contributed by atoms with Crippen LogP contribution < -0.4 is 0 Å². The predicted octanol–water partition coefficient (Wildman–Crippen LogP) is 4.44. The summed E-state index contributed by atoms with van der Waals surface area (Å²) in [5.41, 5.74) is 1.78. The maximum atomic E-state index is 5.97. The van der Waals surface area contributed by atoms with Gasteiger partial charge in [-0.15, -0.1) is 0 Å². The van der Waals surface area contributed by atoms with E-state index in [1.54, 1.807) is 0 Å². The SMILES string of the molecule is CCC1(c2ccc(Cl)c(Cl)c2)CC1. The maximum Gasteiger partial charge on any atom is 0.0595 e. The Morgan fingerprint density at radius 1 is 1.23 bits per heavy atom. The average Bonchev–Trinajstić information content (AvgIpc) is 2.90. The number of halogens is 2. The minimum absolute atomic E-state index is 0.425. The molecule has 1 aliphatic carbocycles. The van der Waals surface area contributed by atoms with Crippen molar-refractivity contribution in [1.82, 2.24) is 0 Å². The van der Waals surface area contributed by atoms with E-state index in [2.05, 4.69) is 13.0 Å². The van der Waals surface area contributed by atoms with E-state index in [-0.39, 0.29) is 0 Å². The molecule has 0 unspecified atom stereocenters. The minimum Gasteiger partial charge on any atom is -0.0827 e. The molecule has 0 aromatic heterocycles. The second-order valence-corrected chi connectivity index (χ2v) is 4.58. The third-order valence-corrected chi connectivity index (χ3v) is 3.80. The van der Waals surface area contributed by atoms with Crippen molar-refractivity contribution in [1.29, 1.82) is 0 Å². The highest BCUT2D eigenvalue weighted by molar-refractivity contribution is 6.42. The first-order chi connectivity index (χ1) is 6.18. The zero-order valence-corrected chi connectivity index (χ0v) is 9.12. The van der Waals surface area contributed by atoms with Gasteiger partial charge in [-0.1, -0.05) is 36.2 Å². The van der Waals surface area contributed by atoms with Crippen LogP contribution in [0.15, 0.2) is 18.2 Å². The van der Waals surface area contributed by atoms with E-state index in [0.717, 1.165) is 0 Å². The van der Waals surface area contributed by atoms with Crippen molar-refractivity contribution in [2.75, 3.05) is 0 Å². The Balaban J connectivity index is 2.37. The lowest BCUT2D eigenvalue weighted by Crippen LogP contribution is -2.03. The molecule has 0 nitrogen and oxygen atoms in total. The van der Waals surface area contributed by atoms with Crippen LogP contribution >= 0.6 is 23.2 Å². The molecule has 0 aliphatic heterocycles. The molecule has 0 saturated heterocycles. The van der Waals surface area contributed by atoms with Gasteiger partial charge in [-0.2, -0.15) is 0 Å². The Kier molecular flexibility index (Phi) is 2.29. The van der Waals surface area contributed by atoms with Crippen molar-refractivity contribution in [2.24, 2.45) is 0 Å². The van der Waals surface area contributed by atoms with E-state index in [0.29, 0.717) is 15.5 Å². The fraction of sp³-hybridized carbons (Fsp3) is 0.455. The van der Waals surface area contributed by atoms with Gasteiger partial charge in [-0.3, -0.25) is 0 Å². The van der Waals surface area contributed by atoms with E-state index in [1.165, 1.54) is 24.8 Å². The van der Waals surface area contributed by atoms with Crippen LogP contribution in [0.5, 0.6) is 0 Å². The third-order valence-electron chi connectivity index (χ3n) is 3.06. The molecule has 1 saturated carbocycles. The average molecular weight is 215 g/mol. The molecule has 0 amide bonds. The maximum absolute atomic E-state index is 5.97. The summed E-state index contributed by atoms with van der Waals surface area (Å²) in [6, 6.07) is 6.01. The molecule has 0 N–H and O–H groups in total. The first kappa shape index (κ1) is 9.36. The van der Waals surface area contributed by atoms with E-state index in [4.69, 9.17) is 23.2 Å². The van der Waals surface area contributed by atoms with Gasteiger partial charge in [-0.05, 0) is 42.4 Å². The smallest absolute Gasteiger partial charge is 0.0595 e. The van der Waals surface area contributed by atoms with Gasteiger partial charge in [0, 0.05) is 0 Å². The first-order valence-corrected chi connectivity index (χ1v) is 5.39. The highest BCUT2D eigenvalue weighted by Crippen LogP contribution is 2.51. The van der Waals surface area contributed by atoms with Crippen molar-refractivity contribution in [2.45, 2.75) is 31.6 Å². The van der Waals surface area contributed by atoms with Crippen molar-refractivity contribution >= 4 is 23.2 Å². The topological polar surface area (TPSA) is 0 Å². The van der Waals surface area contributed by atoms with Crippen LogP contribution in [0.4, 0.5) is 0 Å². The van der Waals surface area contributed by atoms with E-state index >= 15 is 0 Å². The normalized spacial score (nSPS) is 18.7. The van der Waals surface area contributed by atoms with Crippen LogP contribution in [0.3, 0.4) is 0 Å². The molecule has 1 fully saturated rings. The Morgan fingerprint density at radius 2 is 1.92 bits per heavy atom. The molecule has 0 atom stereocenters. The Hall–Kier alpha value is -0.200. The Labute approximate surface area is 88.9 Å². The molecule has 0 radical (unpaired) electrons. The third kappa shape index (κ3) is 1.58. The van der Waals surface area contributed by atoms with Crippen LogP contribution in [0.25, 0.3) is 0 Å². The molecular formula is C11H12Cl2. The second kappa shape index (κ2) is 3.18. The number of hydrogen-bond donors (Lipinski definition) is 0.